The molecule has 1 amide bonds. The molecule has 2 saturated carbocycles. The maximum Gasteiger partial charge on any atom is 0.407 e. The lowest BCUT2D eigenvalue weighted by atomic mass is 9.57. The number of nitrogens with one attached hydrogen (secondary N) is 1. The normalized spacial score (nSPS) is 31.4. The molecule has 6 nitrogen and oxygen atoms in total. The molecule has 7 atom stereocenters. The number of fused-ring (bicyclic) bond motifs is 2. The molecule has 3 aliphatic rings. The molecule has 1 saturated heterocycles. The molecule has 1 aromatic carbocycles. The molecule has 0 bridgehead atoms. The van der Waals surface area contributed by atoms with Crippen LogP contribution in [0.4, 0.5) is 9.18 Å². The summed E-state index contributed by atoms with van der Waals surface area (Å²) in [4.78, 5) is 29.2. The van der Waals surface area contributed by atoms with Crippen LogP contribution in [-0.4, -0.2) is 35.8 Å². The number of carbonyl (C=O) groups excluding carboxylic acids is 2. The number of hydrogen-bond acceptors (Lipinski definition) is 5. The van der Waals surface area contributed by atoms with Crippen LogP contribution in [0.15, 0.2) is 48.7 Å². The van der Waals surface area contributed by atoms with Crippen molar-refractivity contribution in [3.8, 4) is 11.1 Å². The third-order valence-corrected chi connectivity index (χ3v) is 8.18. The Kier molecular flexibility index (Phi) is 7.08. The fourth-order valence-electron chi connectivity index (χ4n) is 6.64. The zero-order chi connectivity index (χ0) is 25.2. The number of cyclic esters (lactones) is 1. The van der Waals surface area contributed by atoms with E-state index >= 15 is 0 Å². The maximum absolute atomic E-state index is 13.6. The second kappa shape index (κ2) is 10.4. The fourth-order valence-corrected chi connectivity index (χ4v) is 6.64. The molecule has 2 aromatic rings. The summed E-state index contributed by atoms with van der Waals surface area (Å²) >= 11 is 0. The van der Waals surface area contributed by atoms with Gasteiger partial charge in [0.05, 0.1) is 18.2 Å². The van der Waals surface area contributed by atoms with E-state index in [1.807, 2.05) is 31.2 Å². The number of ether oxygens (including phenoxy) is 2. The molecule has 0 unspecified atom stereocenters. The summed E-state index contributed by atoms with van der Waals surface area (Å²) in [6.07, 6.45) is 9.07. The number of esters is 1. The number of allylic oxidation sites excluding steroid dienone is 1. The molecule has 36 heavy (non-hydrogen) atoms. The third kappa shape index (κ3) is 5.01. The van der Waals surface area contributed by atoms with Gasteiger partial charge in [0.1, 0.15) is 11.9 Å². The molecule has 5 rings (SSSR count). The number of benzene rings is 1. The number of carbonyl (C=O) groups is 2. The molecular formula is C29H33FN2O4. The number of nitrogens with zero attached hydrogens (tertiary/aromatic N) is 1. The van der Waals surface area contributed by atoms with E-state index in [9.17, 15) is 14.0 Å². The second-order valence-electron chi connectivity index (χ2n) is 10.3. The lowest BCUT2D eigenvalue weighted by molar-refractivity contribution is -0.144. The maximum atomic E-state index is 13.6. The van der Waals surface area contributed by atoms with Crippen molar-refractivity contribution in [2.75, 3.05) is 6.61 Å². The van der Waals surface area contributed by atoms with Crippen molar-refractivity contribution < 1.29 is 23.5 Å². The summed E-state index contributed by atoms with van der Waals surface area (Å²) < 4.78 is 24.3. The van der Waals surface area contributed by atoms with E-state index in [1.54, 1.807) is 19.2 Å². The summed E-state index contributed by atoms with van der Waals surface area (Å²) in [7, 11) is 0. The van der Waals surface area contributed by atoms with Crippen molar-refractivity contribution in [3.63, 3.8) is 0 Å². The van der Waals surface area contributed by atoms with Gasteiger partial charge in [-0.2, -0.15) is 0 Å². The second-order valence-corrected chi connectivity index (χ2v) is 10.3. The Morgan fingerprint density at radius 1 is 1.22 bits per heavy atom. The van der Waals surface area contributed by atoms with E-state index in [1.165, 1.54) is 12.1 Å². The smallest absolute Gasteiger partial charge is 0.407 e. The first kappa shape index (κ1) is 24.5. The van der Waals surface area contributed by atoms with Gasteiger partial charge in [0, 0.05) is 23.7 Å². The highest BCUT2D eigenvalue weighted by atomic mass is 19.1. The van der Waals surface area contributed by atoms with Gasteiger partial charge >= 0.3 is 12.1 Å². The SMILES string of the molecule is CCOC(=O)N[C@@H]1CC[C@@H]2[C@@H](C1)C[C@H]1C(=O)O[C@@H](C)[C@H]1[C@@H]2C=Cc1ccc(-c2cccc(F)c2)cn1. The topological polar surface area (TPSA) is 77.5 Å². The highest BCUT2D eigenvalue weighted by Crippen LogP contribution is 2.53. The molecule has 1 aromatic heterocycles. The molecule has 7 heteroatoms. The van der Waals surface area contributed by atoms with Crippen LogP contribution in [0.25, 0.3) is 17.2 Å². The van der Waals surface area contributed by atoms with Gasteiger partial charge in [-0.05, 0) is 87.1 Å². The van der Waals surface area contributed by atoms with Crippen molar-refractivity contribution in [2.24, 2.45) is 29.6 Å². The Labute approximate surface area is 211 Å². The van der Waals surface area contributed by atoms with Gasteiger partial charge in [-0.1, -0.05) is 24.3 Å². The Bertz CT molecular complexity index is 1130. The first-order valence-corrected chi connectivity index (χ1v) is 13.0. The van der Waals surface area contributed by atoms with Gasteiger partial charge in [0.25, 0.3) is 0 Å². The number of amides is 1. The zero-order valence-electron chi connectivity index (χ0n) is 20.7. The number of pyridine rings is 1. The highest BCUT2D eigenvalue weighted by molar-refractivity contribution is 5.75. The van der Waals surface area contributed by atoms with E-state index in [0.29, 0.717) is 18.4 Å². The van der Waals surface area contributed by atoms with Crippen molar-refractivity contribution in [3.05, 3.63) is 60.2 Å². The lowest BCUT2D eigenvalue weighted by Crippen LogP contribution is -2.48. The largest absolute Gasteiger partial charge is 0.462 e. The molecule has 0 radical (unpaired) electrons. The van der Waals surface area contributed by atoms with Crippen LogP contribution in [0, 0.1) is 35.4 Å². The molecule has 3 fully saturated rings. The van der Waals surface area contributed by atoms with E-state index in [4.69, 9.17) is 9.47 Å². The fraction of sp³-hybridized carbons (Fsp3) is 0.483. The monoisotopic (exact) mass is 492 g/mol. The minimum atomic E-state index is -0.368. The zero-order valence-corrected chi connectivity index (χ0v) is 20.7. The van der Waals surface area contributed by atoms with E-state index in [2.05, 4.69) is 16.4 Å². The molecular weight excluding hydrogens is 459 g/mol. The van der Waals surface area contributed by atoms with Crippen molar-refractivity contribution >= 4 is 18.1 Å². The minimum absolute atomic E-state index is 0.0679. The average molecular weight is 493 g/mol. The van der Waals surface area contributed by atoms with Crippen LogP contribution in [0.5, 0.6) is 0 Å². The Balaban J connectivity index is 1.34. The Morgan fingerprint density at radius 2 is 2.08 bits per heavy atom. The van der Waals surface area contributed by atoms with Gasteiger partial charge in [-0.3, -0.25) is 9.78 Å². The molecule has 0 spiro atoms. The average Bonchev–Trinajstić information content (AvgIpc) is 3.15. The number of alkyl carbamates (subject to hydrolysis) is 1. The first-order valence-electron chi connectivity index (χ1n) is 13.0. The lowest BCUT2D eigenvalue weighted by Gasteiger charge is -2.47. The van der Waals surface area contributed by atoms with Gasteiger partial charge < -0.3 is 14.8 Å². The Morgan fingerprint density at radius 3 is 2.83 bits per heavy atom. The van der Waals surface area contributed by atoms with Crippen LogP contribution in [0.1, 0.15) is 45.2 Å². The predicted octanol–water partition coefficient (Wildman–Crippen LogP) is 5.63. The first-order chi connectivity index (χ1) is 17.4. The molecule has 1 N–H and O–H groups in total. The number of rotatable bonds is 5. The van der Waals surface area contributed by atoms with Crippen molar-refractivity contribution in [1.29, 1.82) is 0 Å². The van der Waals surface area contributed by atoms with Crippen LogP contribution in [0.2, 0.25) is 0 Å². The number of aromatic nitrogens is 1. The van der Waals surface area contributed by atoms with Gasteiger partial charge in [-0.15, -0.1) is 0 Å². The summed E-state index contributed by atoms with van der Waals surface area (Å²) in [6, 6.07) is 10.4. The summed E-state index contributed by atoms with van der Waals surface area (Å²) in [5, 5.41) is 3.00. The molecule has 1 aliphatic heterocycles. The van der Waals surface area contributed by atoms with E-state index < -0.39 is 0 Å². The molecule has 190 valence electrons. The van der Waals surface area contributed by atoms with Gasteiger partial charge in [-0.25, -0.2) is 9.18 Å². The quantitative estimate of drug-likeness (QED) is 0.548. The summed E-state index contributed by atoms with van der Waals surface area (Å²) in [5.41, 5.74) is 2.48. The van der Waals surface area contributed by atoms with Gasteiger partial charge in [0.15, 0.2) is 0 Å². The number of hydrogen-bond donors (Lipinski definition) is 1. The molecule has 2 heterocycles. The summed E-state index contributed by atoms with van der Waals surface area (Å²) in [6.45, 7) is 4.15. The van der Waals surface area contributed by atoms with Crippen molar-refractivity contribution in [1.82, 2.24) is 10.3 Å². The van der Waals surface area contributed by atoms with Crippen LogP contribution in [0.3, 0.4) is 0 Å². The third-order valence-electron chi connectivity index (χ3n) is 8.18. The minimum Gasteiger partial charge on any atom is -0.462 e. The highest BCUT2D eigenvalue weighted by Gasteiger charge is 2.54. The van der Waals surface area contributed by atoms with Crippen LogP contribution >= 0.6 is 0 Å². The van der Waals surface area contributed by atoms with Gasteiger partial charge in [0.2, 0.25) is 0 Å². The summed E-state index contributed by atoms with van der Waals surface area (Å²) in [5.74, 6) is 0.629. The van der Waals surface area contributed by atoms with E-state index in [0.717, 1.165) is 42.5 Å². The number of halogens is 1. The van der Waals surface area contributed by atoms with Crippen LogP contribution in [-0.2, 0) is 14.3 Å². The molecule has 2 aliphatic carbocycles. The Hall–Kier alpha value is -3.22. The van der Waals surface area contributed by atoms with Crippen LogP contribution < -0.4 is 5.32 Å². The standard InChI is InChI=1S/C29H33FN2O4/c1-3-35-29(34)32-23-10-11-24-20(14-23)15-26-27(17(2)36-28(26)33)25(24)12-9-22-8-7-19(16-31-22)18-5-4-6-21(30)13-18/h4-9,12-13,16-17,20,23-27H,3,10-11,14-15H2,1-2H3,(H,32,34)/t17-,20-,23+,24+,25+,26+,27-/m0/s1. The van der Waals surface area contributed by atoms with Crippen molar-refractivity contribution in [2.45, 2.75) is 51.7 Å². The predicted molar refractivity (Wildman–Crippen MR) is 134 cm³/mol. The van der Waals surface area contributed by atoms with E-state index in [-0.39, 0.29) is 47.8 Å².